The number of ether oxygens (including phenoxy) is 2. The van der Waals surface area contributed by atoms with Crippen LogP contribution in [0.15, 0.2) is 0 Å². The molecule has 28 N–H and O–H groups in total. The molecule has 0 spiro atoms. The Morgan fingerprint density at radius 2 is 0.773 bits per heavy atom. The van der Waals surface area contributed by atoms with E-state index in [0.717, 1.165) is 11.8 Å². The molecule has 516 valence electrons. The van der Waals surface area contributed by atoms with Gasteiger partial charge in [-0.2, -0.15) is 11.8 Å². The van der Waals surface area contributed by atoms with Crippen LogP contribution in [-0.4, -0.2) is 311 Å². The third-order valence-electron chi connectivity index (χ3n) is 11.6. The first-order valence-electron chi connectivity index (χ1n) is 27.6. The van der Waals surface area contributed by atoms with Crippen molar-refractivity contribution in [2.45, 2.75) is 151 Å². The highest BCUT2D eigenvalue weighted by atomic mass is 32.2. The number of carboxylic acid groups (broad SMARTS) is 2. The van der Waals surface area contributed by atoms with Crippen LogP contribution in [0.4, 0.5) is 0 Å². The highest BCUT2D eigenvalue weighted by Crippen LogP contribution is 2.14. The van der Waals surface area contributed by atoms with Crippen molar-refractivity contribution in [2.24, 2.45) is 34.6 Å². The molecular weight excluding hydrogens is 1220 g/mol. The summed E-state index contributed by atoms with van der Waals surface area (Å²) in [7, 11) is 0. The molecule has 2 unspecified atom stereocenters. The lowest BCUT2D eigenvalue weighted by Crippen LogP contribution is -2.52. The summed E-state index contributed by atoms with van der Waals surface area (Å²) in [6.45, 7) is 4.10. The maximum Gasteiger partial charge on any atom is 0.321 e. The van der Waals surface area contributed by atoms with Gasteiger partial charge in [-0.15, -0.1) is 11.8 Å². The molecule has 4 amide bonds. The van der Waals surface area contributed by atoms with E-state index in [1.54, 1.807) is 0 Å². The Kier molecular flexibility index (Phi) is 55.3. The van der Waals surface area contributed by atoms with E-state index in [4.69, 9.17) is 48.4 Å². The van der Waals surface area contributed by atoms with Gasteiger partial charge < -0.3 is 131 Å². The lowest BCUT2D eigenvalue weighted by Gasteiger charge is -2.25. The van der Waals surface area contributed by atoms with Crippen LogP contribution in [-0.2, 0) is 57.4 Å². The van der Waals surface area contributed by atoms with E-state index in [2.05, 4.69) is 21.3 Å². The molecule has 0 aliphatic heterocycles. The number of ketones is 4. The number of nitrogens with two attached hydrogens (primary N) is 5. The number of amides is 4. The first-order chi connectivity index (χ1) is 40.9. The van der Waals surface area contributed by atoms with Gasteiger partial charge in [-0.1, -0.05) is 14.4 Å². The van der Waals surface area contributed by atoms with Crippen molar-refractivity contribution < 1.29 is 129 Å². The Balaban J connectivity index is -0.000000636. The number of rotatable bonds is 50. The average molecular weight is 1320 g/mol. The van der Waals surface area contributed by atoms with Crippen LogP contribution in [0.2, 0.25) is 0 Å². The summed E-state index contributed by atoms with van der Waals surface area (Å²) in [5.74, 6) is -8.28. The van der Waals surface area contributed by atoms with E-state index in [-0.39, 0.29) is 121 Å². The van der Waals surface area contributed by atoms with Crippen molar-refractivity contribution in [1.29, 1.82) is 0 Å². The van der Waals surface area contributed by atoms with Crippen molar-refractivity contribution in [3.63, 3.8) is 0 Å². The fourth-order valence-corrected chi connectivity index (χ4v) is 8.14. The van der Waals surface area contributed by atoms with Crippen LogP contribution in [0.1, 0.15) is 72.1 Å². The summed E-state index contributed by atoms with van der Waals surface area (Å²) in [4.78, 5) is 115. The number of hydrogen-bond acceptors (Lipinski definition) is 31. The molecular formula is C51H99N9O26S2. The monoisotopic (exact) mass is 1320 g/mol. The molecule has 0 radical (unpaired) electrons. The van der Waals surface area contributed by atoms with Gasteiger partial charge in [0.15, 0.2) is 35.7 Å². The van der Waals surface area contributed by atoms with Crippen LogP contribution in [0.3, 0.4) is 0 Å². The molecule has 0 aliphatic rings. The van der Waals surface area contributed by atoms with E-state index in [1.807, 2.05) is 0 Å². The van der Waals surface area contributed by atoms with E-state index in [1.165, 1.54) is 18.7 Å². The molecule has 14 atom stereocenters. The topological polar surface area (TPSA) is 651 Å². The van der Waals surface area contributed by atoms with Gasteiger partial charge in [0.25, 0.3) is 17.7 Å². The second kappa shape index (κ2) is 54.2. The second-order valence-electron chi connectivity index (χ2n) is 19.1. The van der Waals surface area contributed by atoms with Crippen LogP contribution >= 0.6 is 23.5 Å². The SMILES string of the molecule is C.CC(CSCC(=O)CCCNC(=O)[C@@H](O)[C@H](O)[C@H](O)[C@@H](O)C(=O)CCCNC(=O)CSCC(N)C(=O)O)C(=O)O.NCCCNC(=O)[C@@H](O)[C@H](O)[C@H](O)[C@@H](O)C(=O)CCCN.NCCOCCCC(=O)[C@H](O)[C@@H](O)[C@@H](O)[C@H](O)C(=O)NCCOCCN. The molecule has 0 saturated heterocycles. The molecule has 0 rings (SSSR count). The molecule has 0 fully saturated rings. The van der Waals surface area contributed by atoms with Gasteiger partial charge in [0, 0.05) is 83.1 Å². The molecule has 88 heavy (non-hydrogen) atoms. The smallest absolute Gasteiger partial charge is 0.321 e. The number of hydrogen-bond donors (Lipinski definition) is 23. The van der Waals surface area contributed by atoms with Crippen molar-refractivity contribution in [3.05, 3.63) is 0 Å². The molecule has 0 saturated carbocycles. The average Bonchev–Trinajstić information content (AvgIpc) is 3.52. The summed E-state index contributed by atoms with van der Waals surface area (Å²) in [6.07, 6.45) is -23.5. The number of aliphatic hydroxyl groups excluding tert-OH is 12. The number of carboxylic acids is 2. The van der Waals surface area contributed by atoms with Gasteiger partial charge in [-0.25, -0.2) is 0 Å². The maximum atomic E-state index is 12.1. The number of aliphatic carboxylic acids is 2. The quantitative estimate of drug-likeness (QED) is 0.0252. The molecule has 37 heteroatoms. The minimum absolute atomic E-state index is 0. The summed E-state index contributed by atoms with van der Waals surface area (Å²) in [5.41, 5.74) is 26.2. The van der Waals surface area contributed by atoms with Gasteiger partial charge >= 0.3 is 11.9 Å². The van der Waals surface area contributed by atoms with E-state index in [0.29, 0.717) is 52.1 Å². The van der Waals surface area contributed by atoms with Gasteiger partial charge in [0.1, 0.15) is 66.8 Å². The Morgan fingerprint density at radius 3 is 1.19 bits per heavy atom. The molecule has 0 aromatic heterocycles. The van der Waals surface area contributed by atoms with Crippen LogP contribution in [0.25, 0.3) is 0 Å². The zero-order valence-corrected chi connectivity index (χ0v) is 50.3. The molecule has 0 aliphatic carbocycles. The molecule has 0 heterocycles. The lowest BCUT2D eigenvalue weighted by molar-refractivity contribution is -0.154. The lowest BCUT2D eigenvalue weighted by atomic mass is 9.97. The molecule has 0 aromatic carbocycles. The maximum absolute atomic E-state index is 12.1. The standard InChI is InChI=1S/C23H39N3O12S2.C15H31N3O8.C12H25N3O6.CH4/c1-12(22(35)36)8-39-9-13(27)4-2-7-26-21(34)20(33)19(32)18(31)17(30)15(28)5-3-6-25-16(29)11-40-10-14(24)23(37)38;16-3-7-25-6-1-2-10(19)11(20)12(21)13(22)14(23)15(24)18-5-9-26-8-4-17;13-4-1-3-7(16)8(17)9(18)10(19)11(20)12(21)15-6-2-5-14;/h12,14,17-20,30-33H,2-11,24H2,1H3,(H,25,29)(H,26,34)(H,35,36)(H,37,38);11-14,20-23H,1-9,16-17H2,(H,18,24);8-11,17-20H,1-6,13-14H2,(H,15,21);1H4/t12?,14?,17-,18+,19+,20-;11-,12+,13+,14-;8-,9+,10+,11-;/m000./s1. The zero-order valence-electron chi connectivity index (χ0n) is 48.6. The van der Waals surface area contributed by atoms with Gasteiger partial charge in [-0.05, 0) is 45.2 Å². The molecule has 35 nitrogen and oxygen atoms in total. The Bertz CT molecular complexity index is 1890. The minimum atomic E-state index is -2.19. The van der Waals surface area contributed by atoms with Crippen molar-refractivity contribution in [3.8, 4) is 0 Å². The van der Waals surface area contributed by atoms with E-state index < -0.39 is 138 Å². The predicted molar refractivity (Wildman–Crippen MR) is 317 cm³/mol. The van der Waals surface area contributed by atoms with Crippen molar-refractivity contribution >= 4 is 82.2 Å². The third-order valence-corrected chi connectivity index (χ3v) is 14.0. The number of Topliss-reactive ketones (excluding diaryl/α,β-unsaturated/α-hetero) is 4. The summed E-state index contributed by atoms with van der Waals surface area (Å²) >= 11 is 2.20. The number of carbonyl (C=O) groups is 10. The fraction of sp³-hybridized carbons (Fsp3) is 0.804. The number of aliphatic hydroxyl groups is 12. The van der Waals surface area contributed by atoms with E-state index in [9.17, 15) is 109 Å². The Morgan fingerprint density at radius 1 is 0.409 bits per heavy atom. The summed E-state index contributed by atoms with van der Waals surface area (Å²) in [5, 5.41) is 144. The Labute approximate surface area is 518 Å². The van der Waals surface area contributed by atoms with Gasteiger partial charge in [0.2, 0.25) is 5.91 Å². The number of thioether (sulfide) groups is 2. The summed E-state index contributed by atoms with van der Waals surface area (Å²) < 4.78 is 10.1. The number of nitrogens with one attached hydrogen (secondary N) is 4. The molecule has 0 aromatic rings. The van der Waals surface area contributed by atoms with E-state index >= 15 is 0 Å². The third kappa shape index (κ3) is 41.7. The zero-order chi connectivity index (χ0) is 67.2. The normalized spacial score (nSPS) is 15.8. The van der Waals surface area contributed by atoms with Gasteiger partial charge in [0.05, 0.1) is 37.2 Å². The fourth-order valence-electron chi connectivity index (χ4n) is 6.35. The van der Waals surface area contributed by atoms with Gasteiger partial charge in [-0.3, -0.25) is 47.9 Å². The van der Waals surface area contributed by atoms with Crippen LogP contribution < -0.4 is 49.9 Å². The second-order valence-corrected chi connectivity index (χ2v) is 21.2. The Hall–Kier alpha value is -4.56. The first kappa shape index (κ1) is 89.9. The van der Waals surface area contributed by atoms with Crippen molar-refractivity contribution in [1.82, 2.24) is 21.3 Å². The first-order valence-corrected chi connectivity index (χ1v) is 29.9. The highest BCUT2D eigenvalue weighted by molar-refractivity contribution is 8.00. The highest BCUT2D eigenvalue weighted by Gasteiger charge is 2.39. The van der Waals surface area contributed by atoms with Crippen molar-refractivity contribution in [2.75, 3.05) is 102 Å². The van der Waals surface area contributed by atoms with Crippen LogP contribution in [0, 0.1) is 5.92 Å². The largest absolute Gasteiger partial charge is 0.481 e. The predicted octanol–water partition coefficient (Wildman–Crippen LogP) is -10.4. The van der Waals surface area contributed by atoms with Crippen LogP contribution in [0.5, 0.6) is 0 Å². The minimum Gasteiger partial charge on any atom is -0.481 e. The summed E-state index contributed by atoms with van der Waals surface area (Å²) in [6, 6.07) is -1.10. The number of carbonyl (C=O) groups excluding carboxylic acids is 8. The molecule has 0 bridgehead atoms.